The average Bonchev–Trinajstić information content (AvgIpc) is 2.59. The van der Waals surface area contributed by atoms with Crippen molar-refractivity contribution in [1.82, 2.24) is 4.98 Å². The summed E-state index contributed by atoms with van der Waals surface area (Å²) in [4.78, 5) is 18.5. The molecule has 1 aliphatic heterocycles. The Balaban J connectivity index is 2.27. The minimum Gasteiger partial charge on any atom is -0.476 e. The third-order valence-electron chi connectivity index (χ3n) is 3.58. The van der Waals surface area contributed by atoms with E-state index in [0.717, 1.165) is 23.0 Å². The molecule has 1 atom stereocenters. The Morgan fingerprint density at radius 2 is 2.28 bits per heavy atom. The second-order valence-electron chi connectivity index (χ2n) is 4.81. The number of aromatic carboxylic acids is 1. The van der Waals surface area contributed by atoms with Gasteiger partial charge in [-0.1, -0.05) is 19.8 Å². The van der Waals surface area contributed by atoms with E-state index >= 15 is 0 Å². The molecule has 0 radical (unpaired) electrons. The number of aromatic nitrogens is 1. The van der Waals surface area contributed by atoms with E-state index < -0.39 is 5.97 Å². The fraction of sp³-hybridized carbons (Fsp3) is 0.692. The van der Waals surface area contributed by atoms with Gasteiger partial charge in [-0.25, -0.2) is 9.78 Å². The summed E-state index contributed by atoms with van der Waals surface area (Å²) in [6.45, 7) is 5.04. The first-order chi connectivity index (χ1) is 8.63. The lowest BCUT2D eigenvalue weighted by Crippen LogP contribution is -2.34. The van der Waals surface area contributed by atoms with Crippen LogP contribution in [0.5, 0.6) is 0 Å². The van der Waals surface area contributed by atoms with Crippen LogP contribution in [0.3, 0.4) is 0 Å². The highest BCUT2D eigenvalue weighted by molar-refractivity contribution is 7.15. The topological polar surface area (TPSA) is 53.4 Å². The van der Waals surface area contributed by atoms with Gasteiger partial charge in [-0.3, -0.25) is 0 Å². The summed E-state index contributed by atoms with van der Waals surface area (Å²) in [5.41, 5.74) is 0.217. The molecule has 4 nitrogen and oxygen atoms in total. The maximum Gasteiger partial charge on any atom is 0.355 e. The molecule has 1 saturated heterocycles. The number of hydrogen-bond donors (Lipinski definition) is 1. The Hall–Kier alpha value is -1.10. The van der Waals surface area contributed by atoms with Crippen LogP contribution in [0.1, 0.15) is 54.4 Å². The van der Waals surface area contributed by atoms with E-state index in [4.69, 9.17) is 5.11 Å². The van der Waals surface area contributed by atoms with Gasteiger partial charge in [0.25, 0.3) is 0 Å². The molecule has 2 rings (SSSR count). The van der Waals surface area contributed by atoms with Gasteiger partial charge in [0.15, 0.2) is 10.8 Å². The van der Waals surface area contributed by atoms with E-state index in [0.29, 0.717) is 6.04 Å². The van der Waals surface area contributed by atoms with E-state index in [9.17, 15) is 4.79 Å². The molecule has 2 heterocycles. The van der Waals surface area contributed by atoms with E-state index in [1.165, 1.54) is 37.0 Å². The van der Waals surface area contributed by atoms with Crippen molar-refractivity contribution in [3.05, 3.63) is 10.6 Å². The first-order valence-corrected chi connectivity index (χ1v) is 7.42. The summed E-state index contributed by atoms with van der Waals surface area (Å²) in [5, 5.41) is 9.97. The van der Waals surface area contributed by atoms with Crippen molar-refractivity contribution in [2.24, 2.45) is 0 Å². The predicted molar refractivity (Wildman–Crippen MR) is 73.7 cm³/mol. The first kappa shape index (κ1) is 13.3. The molecule has 100 valence electrons. The van der Waals surface area contributed by atoms with Crippen LogP contribution in [0, 0.1) is 6.92 Å². The number of carboxylic acid groups (broad SMARTS) is 1. The molecule has 1 aromatic heterocycles. The highest BCUT2D eigenvalue weighted by atomic mass is 32.1. The molecule has 1 unspecified atom stereocenters. The molecular weight excluding hydrogens is 248 g/mol. The van der Waals surface area contributed by atoms with Crippen LogP contribution in [-0.4, -0.2) is 28.6 Å². The Bertz CT molecular complexity index is 431. The Kier molecular flexibility index (Phi) is 4.22. The van der Waals surface area contributed by atoms with Crippen LogP contribution in [-0.2, 0) is 0 Å². The predicted octanol–water partition coefficient (Wildman–Crippen LogP) is 3.31. The number of anilines is 1. The van der Waals surface area contributed by atoms with Crippen LogP contribution in [0.25, 0.3) is 0 Å². The smallest absolute Gasteiger partial charge is 0.355 e. The van der Waals surface area contributed by atoms with Crippen molar-refractivity contribution in [2.45, 2.75) is 52.0 Å². The number of thiazole rings is 1. The zero-order valence-corrected chi connectivity index (χ0v) is 11.8. The van der Waals surface area contributed by atoms with E-state index in [1.54, 1.807) is 0 Å². The normalized spacial score (nSPS) is 20.8. The van der Waals surface area contributed by atoms with Crippen molar-refractivity contribution >= 4 is 22.4 Å². The molecule has 0 bridgehead atoms. The quantitative estimate of drug-likeness (QED) is 0.913. The number of carbonyl (C=O) groups is 1. The largest absolute Gasteiger partial charge is 0.476 e. The van der Waals surface area contributed by atoms with Gasteiger partial charge in [-0.15, -0.1) is 11.3 Å². The van der Waals surface area contributed by atoms with Crippen LogP contribution >= 0.6 is 11.3 Å². The van der Waals surface area contributed by atoms with Gasteiger partial charge in [0.05, 0.1) is 0 Å². The third kappa shape index (κ3) is 2.66. The Morgan fingerprint density at radius 1 is 1.50 bits per heavy atom. The van der Waals surface area contributed by atoms with Crippen molar-refractivity contribution < 1.29 is 9.90 Å². The summed E-state index contributed by atoms with van der Waals surface area (Å²) < 4.78 is 0. The maximum absolute atomic E-state index is 11.1. The molecular formula is C13H20N2O2S. The van der Waals surface area contributed by atoms with Crippen LogP contribution in [0.4, 0.5) is 5.13 Å². The summed E-state index contributed by atoms with van der Waals surface area (Å²) in [6.07, 6.45) is 6.00. The monoisotopic (exact) mass is 268 g/mol. The molecule has 5 heteroatoms. The minimum atomic E-state index is -0.919. The molecule has 0 saturated carbocycles. The number of rotatable bonds is 3. The van der Waals surface area contributed by atoms with Gasteiger partial charge in [0.1, 0.15) is 0 Å². The molecule has 1 fully saturated rings. The Labute approximate surface area is 112 Å². The van der Waals surface area contributed by atoms with Crippen molar-refractivity contribution in [2.75, 3.05) is 11.4 Å². The summed E-state index contributed by atoms with van der Waals surface area (Å²) in [7, 11) is 0. The number of aryl methyl sites for hydroxylation is 1. The molecule has 18 heavy (non-hydrogen) atoms. The fourth-order valence-corrected chi connectivity index (χ4v) is 3.56. The van der Waals surface area contributed by atoms with Gasteiger partial charge in [0.2, 0.25) is 0 Å². The highest BCUT2D eigenvalue weighted by Gasteiger charge is 2.24. The van der Waals surface area contributed by atoms with Gasteiger partial charge >= 0.3 is 5.97 Å². The molecule has 1 N–H and O–H groups in total. The van der Waals surface area contributed by atoms with Crippen molar-refractivity contribution in [1.29, 1.82) is 0 Å². The Morgan fingerprint density at radius 3 is 2.89 bits per heavy atom. The third-order valence-corrected chi connectivity index (χ3v) is 4.59. The fourth-order valence-electron chi connectivity index (χ4n) is 2.56. The lowest BCUT2D eigenvalue weighted by molar-refractivity contribution is 0.0690. The molecule has 1 aromatic rings. The van der Waals surface area contributed by atoms with Gasteiger partial charge < -0.3 is 10.0 Å². The average molecular weight is 268 g/mol. The van der Waals surface area contributed by atoms with Gasteiger partial charge in [0, 0.05) is 17.5 Å². The minimum absolute atomic E-state index is 0.217. The van der Waals surface area contributed by atoms with Gasteiger partial charge in [-0.2, -0.15) is 0 Å². The summed E-state index contributed by atoms with van der Waals surface area (Å²) in [5.74, 6) is -0.919. The molecule has 0 aliphatic carbocycles. The molecule has 0 spiro atoms. The molecule has 0 aromatic carbocycles. The summed E-state index contributed by atoms with van der Waals surface area (Å²) in [6, 6.07) is 0.514. The van der Waals surface area contributed by atoms with Crippen LogP contribution in [0.15, 0.2) is 0 Å². The number of nitrogens with zero attached hydrogens (tertiary/aromatic N) is 2. The van der Waals surface area contributed by atoms with Crippen molar-refractivity contribution in [3.63, 3.8) is 0 Å². The zero-order chi connectivity index (χ0) is 13.1. The lowest BCUT2D eigenvalue weighted by Gasteiger charge is -2.28. The molecule has 0 amide bonds. The van der Waals surface area contributed by atoms with Crippen molar-refractivity contribution in [3.8, 4) is 0 Å². The van der Waals surface area contributed by atoms with E-state index in [2.05, 4.69) is 16.8 Å². The SMILES string of the molecule is CCC1CCCCCN1c1nc(C(=O)O)c(C)s1. The van der Waals surface area contributed by atoms with Crippen LogP contribution < -0.4 is 4.90 Å². The maximum atomic E-state index is 11.1. The first-order valence-electron chi connectivity index (χ1n) is 6.60. The number of carboxylic acids is 1. The zero-order valence-electron chi connectivity index (χ0n) is 11.0. The lowest BCUT2D eigenvalue weighted by atomic mass is 10.1. The highest BCUT2D eigenvalue weighted by Crippen LogP contribution is 2.31. The second-order valence-corrected chi connectivity index (χ2v) is 5.99. The van der Waals surface area contributed by atoms with E-state index in [-0.39, 0.29) is 5.69 Å². The molecule has 1 aliphatic rings. The second kappa shape index (κ2) is 5.69. The summed E-state index contributed by atoms with van der Waals surface area (Å²) >= 11 is 1.51. The van der Waals surface area contributed by atoms with E-state index in [1.807, 2.05) is 6.92 Å². The standard InChI is InChI=1S/C13H20N2O2S/c1-3-10-7-5-4-6-8-15(10)13-14-11(12(16)17)9(2)18-13/h10H,3-8H2,1-2H3,(H,16,17). The van der Waals surface area contributed by atoms with Crippen LogP contribution in [0.2, 0.25) is 0 Å². The number of hydrogen-bond acceptors (Lipinski definition) is 4. The van der Waals surface area contributed by atoms with Gasteiger partial charge in [-0.05, 0) is 26.2 Å².